The van der Waals surface area contributed by atoms with Crippen LogP contribution in [0.3, 0.4) is 0 Å². The van der Waals surface area contributed by atoms with E-state index in [4.69, 9.17) is 4.74 Å². The molecule has 1 saturated heterocycles. The molecule has 8 heteroatoms. The summed E-state index contributed by atoms with van der Waals surface area (Å²) in [5.74, 6) is -2.91. The van der Waals surface area contributed by atoms with Crippen molar-refractivity contribution >= 4 is 17.5 Å². The maximum Gasteiger partial charge on any atom is 0.410 e. The average molecular weight is 459 g/mol. The van der Waals surface area contributed by atoms with Gasteiger partial charge < -0.3 is 14.2 Å². The molecule has 1 aliphatic rings. The minimum absolute atomic E-state index is 0.0384. The second kappa shape index (κ2) is 9.63. The molecule has 1 aromatic carbocycles. The van der Waals surface area contributed by atoms with E-state index in [-0.39, 0.29) is 23.9 Å². The molecule has 176 valence electrons. The Labute approximate surface area is 188 Å². The minimum Gasteiger partial charge on any atom is -0.598 e. The molecule has 0 spiro atoms. The van der Waals surface area contributed by atoms with Crippen LogP contribution in [0.4, 0.5) is 13.6 Å². The first-order chi connectivity index (χ1) is 14.1. The lowest BCUT2D eigenvalue weighted by Gasteiger charge is -2.40. The molecule has 2 rings (SSSR count). The number of carbonyl (C=O) groups is 1. The van der Waals surface area contributed by atoms with E-state index in [1.54, 1.807) is 37.8 Å². The zero-order valence-electron chi connectivity index (χ0n) is 19.6. The number of rotatable bonds is 7. The number of likely N-dealkylation sites (tertiary alicyclic amines) is 1. The molecule has 1 heterocycles. The Balaban J connectivity index is 1.90. The lowest BCUT2D eigenvalue weighted by Crippen LogP contribution is -2.51. The first-order valence-electron chi connectivity index (χ1n) is 10.7. The van der Waals surface area contributed by atoms with Crippen molar-refractivity contribution < 1.29 is 22.9 Å². The third-order valence-corrected chi connectivity index (χ3v) is 6.80. The highest BCUT2D eigenvalue weighted by Gasteiger charge is 2.38. The summed E-state index contributed by atoms with van der Waals surface area (Å²) >= 11 is -1.29. The normalized spacial score (nSPS) is 17.8. The summed E-state index contributed by atoms with van der Waals surface area (Å²) in [4.78, 5) is 13.5. The largest absolute Gasteiger partial charge is 0.598 e. The van der Waals surface area contributed by atoms with Gasteiger partial charge in [-0.25, -0.2) is 13.6 Å². The van der Waals surface area contributed by atoms with E-state index < -0.39 is 33.7 Å². The van der Waals surface area contributed by atoms with Gasteiger partial charge in [0.15, 0.2) is 0 Å². The van der Waals surface area contributed by atoms with Crippen molar-refractivity contribution in [2.45, 2.75) is 83.6 Å². The molecule has 1 fully saturated rings. The Kier molecular flexibility index (Phi) is 8.04. The molecule has 2 unspecified atom stereocenters. The van der Waals surface area contributed by atoms with Gasteiger partial charge in [0.1, 0.15) is 10.3 Å². The van der Waals surface area contributed by atoms with Gasteiger partial charge in [-0.3, -0.25) is 0 Å². The Morgan fingerprint density at radius 2 is 1.87 bits per heavy atom. The minimum atomic E-state index is -2.97. The van der Waals surface area contributed by atoms with E-state index in [2.05, 4.69) is 4.72 Å². The van der Waals surface area contributed by atoms with E-state index in [9.17, 15) is 18.1 Å². The summed E-state index contributed by atoms with van der Waals surface area (Å²) in [6.07, 6.45) is -0.338. The second-order valence-electron chi connectivity index (χ2n) is 10.3. The summed E-state index contributed by atoms with van der Waals surface area (Å²) in [5, 5.41) is 0. The van der Waals surface area contributed by atoms with Crippen LogP contribution in [0.1, 0.15) is 78.5 Å². The molecule has 5 nitrogen and oxygen atoms in total. The van der Waals surface area contributed by atoms with Crippen molar-refractivity contribution in [3.05, 3.63) is 35.4 Å². The van der Waals surface area contributed by atoms with E-state index >= 15 is 0 Å². The van der Waals surface area contributed by atoms with Crippen molar-refractivity contribution in [2.24, 2.45) is 5.92 Å². The van der Waals surface area contributed by atoms with Crippen LogP contribution >= 0.6 is 0 Å². The fraction of sp³-hybridized carbons (Fsp3) is 0.696. The van der Waals surface area contributed by atoms with Crippen molar-refractivity contribution in [1.82, 2.24) is 9.62 Å². The van der Waals surface area contributed by atoms with Crippen LogP contribution in [-0.4, -0.2) is 39.0 Å². The number of hydrogen-bond donors (Lipinski definition) is 1. The maximum absolute atomic E-state index is 14.9. The number of benzene rings is 1. The van der Waals surface area contributed by atoms with Gasteiger partial charge in [0.05, 0.1) is 6.04 Å². The smallest absolute Gasteiger partial charge is 0.410 e. The molecule has 1 aliphatic heterocycles. The van der Waals surface area contributed by atoms with Gasteiger partial charge in [0, 0.05) is 36.4 Å². The number of ether oxygens (including phenoxy) is 1. The van der Waals surface area contributed by atoms with Gasteiger partial charge in [-0.1, -0.05) is 18.2 Å². The monoisotopic (exact) mass is 458 g/mol. The SMILES string of the molecule is CC(N[S+]([O-])C(C)(C)C)c1cccc(C(F)(F)CCC2CN(C(=O)OC(C)(C)C)C2)c1. The molecule has 0 aromatic heterocycles. The fourth-order valence-corrected chi connectivity index (χ4v) is 4.01. The Morgan fingerprint density at radius 3 is 2.42 bits per heavy atom. The first-order valence-corrected chi connectivity index (χ1v) is 11.9. The van der Waals surface area contributed by atoms with Crippen LogP contribution in [0.2, 0.25) is 0 Å². The van der Waals surface area contributed by atoms with Gasteiger partial charge in [0.25, 0.3) is 5.92 Å². The van der Waals surface area contributed by atoms with Gasteiger partial charge in [0.2, 0.25) is 0 Å². The van der Waals surface area contributed by atoms with Crippen LogP contribution in [0.5, 0.6) is 0 Å². The molecule has 0 radical (unpaired) electrons. The molecule has 0 bridgehead atoms. The highest BCUT2D eigenvalue weighted by atomic mass is 32.2. The molecule has 2 atom stereocenters. The molecule has 31 heavy (non-hydrogen) atoms. The lowest BCUT2D eigenvalue weighted by molar-refractivity contribution is -0.0338. The molecule has 0 aliphatic carbocycles. The van der Waals surface area contributed by atoms with Crippen LogP contribution in [0.15, 0.2) is 24.3 Å². The van der Waals surface area contributed by atoms with E-state index in [1.807, 2.05) is 27.7 Å². The Bertz CT molecular complexity index is 756. The zero-order chi connectivity index (χ0) is 23.6. The number of carbonyl (C=O) groups excluding carboxylic acids is 1. The molecule has 0 saturated carbocycles. The second-order valence-corrected chi connectivity index (χ2v) is 12.3. The number of amides is 1. The predicted molar refractivity (Wildman–Crippen MR) is 120 cm³/mol. The van der Waals surface area contributed by atoms with E-state index in [0.717, 1.165) is 0 Å². The van der Waals surface area contributed by atoms with Gasteiger partial charge in [-0.2, -0.15) is 0 Å². The summed E-state index contributed by atoms with van der Waals surface area (Å²) in [5.41, 5.74) is 0.0733. The quantitative estimate of drug-likeness (QED) is 0.545. The Hall–Kier alpha value is -1.38. The number of alkyl halides is 2. The molecule has 1 aromatic rings. The van der Waals surface area contributed by atoms with Crippen LogP contribution < -0.4 is 4.72 Å². The summed E-state index contributed by atoms with van der Waals surface area (Å²) in [6, 6.07) is 5.99. The van der Waals surface area contributed by atoms with Crippen LogP contribution in [0, 0.1) is 5.92 Å². The van der Waals surface area contributed by atoms with Gasteiger partial charge in [-0.05, 0) is 72.4 Å². The molecule has 1 amide bonds. The predicted octanol–water partition coefficient (Wildman–Crippen LogP) is 5.54. The maximum atomic E-state index is 14.9. The third kappa shape index (κ3) is 7.61. The average Bonchev–Trinajstić information content (AvgIpc) is 2.58. The number of hydrogen-bond acceptors (Lipinski definition) is 4. The third-order valence-electron chi connectivity index (χ3n) is 5.12. The van der Waals surface area contributed by atoms with Crippen molar-refractivity contribution in [2.75, 3.05) is 13.1 Å². The summed E-state index contributed by atoms with van der Waals surface area (Å²) in [6.45, 7) is 13.7. The lowest BCUT2D eigenvalue weighted by atomic mass is 9.91. The zero-order valence-corrected chi connectivity index (χ0v) is 20.4. The number of nitrogens with one attached hydrogen (secondary N) is 1. The number of nitrogens with zero attached hydrogens (tertiary/aromatic N) is 1. The highest BCUT2D eigenvalue weighted by Crippen LogP contribution is 2.37. The van der Waals surface area contributed by atoms with Gasteiger partial charge >= 0.3 is 6.09 Å². The standard InChI is InChI=1S/C23H36F2N2O3S/c1-16(26-31(29)22(5,6)7)18-9-8-10-19(13-18)23(24,25)12-11-17-14-27(15-17)20(28)30-21(2,3)4/h8-10,13,16-17,26H,11-12,14-15H2,1-7H3. The van der Waals surface area contributed by atoms with Crippen molar-refractivity contribution in [1.29, 1.82) is 0 Å². The van der Waals surface area contributed by atoms with E-state index in [0.29, 0.717) is 25.1 Å². The van der Waals surface area contributed by atoms with Crippen LogP contribution in [-0.2, 0) is 22.0 Å². The van der Waals surface area contributed by atoms with E-state index in [1.165, 1.54) is 12.1 Å². The summed E-state index contributed by atoms with van der Waals surface area (Å²) in [7, 11) is 0. The fourth-order valence-electron chi connectivity index (χ4n) is 3.20. The van der Waals surface area contributed by atoms with Gasteiger partial charge in [-0.15, -0.1) is 4.72 Å². The molecular weight excluding hydrogens is 422 g/mol. The first kappa shape index (κ1) is 25.9. The van der Waals surface area contributed by atoms with Crippen molar-refractivity contribution in [3.8, 4) is 0 Å². The number of halogens is 2. The molecule has 1 N–H and O–H groups in total. The Morgan fingerprint density at radius 1 is 1.26 bits per heavy atom. The highest BCUT2D eigenvalue weighted by molar-refractivity contribution is 7.90. The molecular formula is C23H36F2N2O3S. The van der Waals surface area contributed by atoms with Crippen molar-refractivity contribution in [3.63, 3.8) is 0 Å². The van der Waals surface area contributed by atoms with Crippen LogP contribution in [0.25, 0.3) is 0 Å². The summed E-state index contributed by atoms with van der Waals surface area (Å²) < 4.78 is 49.9. The topological polar surface area (TPSA) is 64.6 Å².